The van der Waals surface area contributed by atoms with Crippen LogP contribution in [-0.4, -0.2) is 19.7 Å². The molecule has 2 aromatic heterocycles. The van der Waals surface area contributed by atoms with Crippen LogP contribution >= 0.6 is 11.6 Å². The number of halogens is 2. The van der Waals surface area contributed by atoms with E-state index in [2.05, 4.69) is 20.4 Å². The third-order valence-electron chi connectivity index (χ3n) is 1.93. The molecule has 0 aliphatic carbocycles. The smallest absolute Gasteiger partial charge is 0.224 e. The summed E-state index contributed by atoms with van der Waals surface area (Å²) in [6, 6.07) is 0. The summed E-state index contributed by atoms with van der Waals surface area (Å²) in [6.45, 7) is 0.429. The van der Waals surface area contributed by atoms with Gasteiger partial charge in [0.15, 0.2) is 11.6 Å². The molecule has 84 valence electrons. The summed E-state index contributed by atoms with van der Waals surface area (Å²) in [6.07, 6.45) is 4.54. The molecule has 0 fully saturated rings. The Bertz CT molecular complexity index is 498. The molecule has 0 aromatic carbocycles. The summed E-state index contributed by atoms with van der Waals surface area (Å²) in [5, 5.41) is 6.82. The Hall–Kier alpha value is -1.69. The first-order valence-electron chi connectivity index (χ1n) is 4.54. The Morgan fingerprint density at radius 2 is 2.31 bits per heavy atom. The van der Waals surface area contributed by atoms with Gasteiger partial charge in [-0.3, -0.25) is 4.68 Å². The molecule has 0 atom stereocenters. The highest BCUT2D eigenvalue weighted by Gasteiger charge is 2.05. The van der Waals surface area contributed by atoms with Crippen molar-refractivity contribution in [2.75, 3.05) is 5.32 Å². The van der Waals surface area contributed by atoms with Gasteiger partial charge < -0.3 is 5.32 Å². The van der Waals surface area contributed by atoms with Crippen LogP contribution in [0.5, 0.6) is 0 Å². The summed E-state index contributed by atoms with van der Waals surface area (Å²) in [4.78, 5) is 7.26. The Labute approximate surface area is 96.3 Å². The molecule has 0 aliphatic heterocycles. The average molecular weight is 242 g/mol. The number of hydrogen-bond donors (Lipinski definition) is 1. The van der Waals surface area contributed by atoms with Gasteiger partial charge in [0.25, 0.3) is 0 Å². The van der Waals surface area contributed by atoms with E-state index in [9.17, 15) is 4.39 Å². The SMILES string of the molecule is Cn1cc(CNc2nc(Cl)ncc2F)cn1. The highest BCUT2D eigenvalue weighted by Crippen LogP contribution is 2.12. The fourth-order valence-electron chi connectivity index (χ4n) is 1.22. The van der Waals surface area contributed by atoms with Crippen molar-refractivity contribution in [1.29, 1.82) is 0 Å². The Balaban J connectivity index is 2.07. The topological polar surface area (TPSA) is 55.6 Å². The fourth-order valence-corrected chi connectivity index (χ4v) is 1.35. The van der Waals surface area contributed by atoms with Crippen LogP contribution in [0, 0.1) is 5.82 Å². The Kier molecular flexibility index (Phi) is 3.00. The summed E-state index contributed by atoms with van der Waals surface area (Å²) in [5.41, 5.74) is 0.927. The van der Waals surface area contributed by atoms with Crippen molar-refractivity contribution in [3.05, 3.63) is 35.3 Å². The van der Waals surface area contributed by atoms with Crippen molar-refractivity contribution in [2.45, 2.75) is 6.54 Å². The molecule has 1 N–H and O–H groups in total. The first-order chi connectivity index (χ1) is 7.65. The van der Waals surface area contributed by atoms with E-state index >= 15 is 0 Å². The lowest BCUT2D eigenvalue weighted by molar-refractivity contribution is 0.616. The van der Waals surface area contributed by atoms with Crippen molar-refractivity contribution >= 4 is 17.4 Å². The highest BCUT2D eigenvalue weighted by atomic mass is 35.5. The maximum absolute atomic E-state index is 13.2. The van der Waals surface area contributed by atoms with E-state index < -0.39 is 5.82 Å². The van der Waals surface area contributed by atoms with Crippen LogP contribution in [0.15, 0.2) is 18.6 Å². The van der Waals surface area contributed by atoms with E-state index in [0.717, 1.165) is 11.8 Å². The average Bonchev–Trinajstić information content (AvgIpc) is 2.66. The lowest BCUT2D eigenvalue weighted by atomic mass is 10.3. The summed E-state index contributed by atoms with van der Waals surface area (Å²) < 4.78 is 14.9. The molecule has 0 unspecified atom stereocenters. The molecule has 0 bridgehead atoms. The van der Waals surface area contributed by atoms with E-state index in [-0.39, 0.29) is 11.1 Å². The lowest BCUT2D eigenvalue weighted by Gasteiger charge is -2.04. The van der Waals surface area contributed by atoms with Crippen LogP contribution in [-0.2, 0) is 13.6 Å². The molecular weight excluding hydrogens is 233 g/mol. The van der Waals surface area contributed by atoms with Gasteiger partial charge in [-0.05, 0) is 11.6 Å². The number of aryl methyl sites for hydroxylation is 1. The zero-order chi connectivity index (χ0) is 11.5. The minimum absolute atomic E-state index is 0.00934. The largest absolute Gasteiger partial charge is 0.363 e. The molecule has 0 saturated heterocycles. The van der Waals surface area contributed by atoms with Crippen LogP contribution in [0.4, 0.5) is 10.2 Å². The second-order valence-electron chi connectivity index (χ2n) is 3.21. The number of aromatic nitrogens is 4. The van der Waals surface area contributed by atoms with Crippen LogP contribution < -0.4 is 5.32 Å². The van der Waals surface area contributed by atoms with Gasteiger partial charge in [0.1, 0.15) is 0 Å². The van der Waals surface area contributed by atoms with Crippen molar-refractivity contribution in [3.8, 4) is 0 Å². The van der Waals surface area contributed by atoms with Gasteiger partial charge in [0.05, 0.1) is 12.4 Å². The molecule has 0 amide bonds. The molecular formula is C9H9ClFN5. The van der Waals surface area contributed by atoms with Crippen molar-refractivity contribution in [2.24, 2.45) is 7.05 Å². The van der Waals surface area contributed by atoms with E-state index in [0.29, 0.717) is 6.54 Å². The highest BCUT2D eigenvalue weighted by molar-refractivity contribution is 6.28. The van der Waals surface area contributed by atoms with Crippen molar-refractivity contribution in [3.63, 3.8) is 0 Å². The normalized spacial score (nSPS) is 10.4. The van der Waals surface area contributed by atoms with Crippen LogP contribution in [0.2, 0.25) is 5.28 Å². The van der Waals surface area contributed by atoms with Crippen LogP contribution in [0.25, 0.3) is 0 Å². The monoisotopic (exact) mass is 241 g/mol. The van der Waals surface area contributed by atoms with Crippen LogP contribution in [0.1, 0.15) is 5.56 Å². The predicted octanol–water partition coefficient (Wildman–Crippen LogP) is 1.61. The van der Waals surface area contributed by atoms with E-state index in [1.54, 1.807) is 10.9 Å². The molecule has 16 heavy (non-hydrogen) atoms. The molecule has 0 radical (unpaired) electrons. The third kappa shape index (κ3) is 2.46. The molecule has 5 nitrogen and oxygen atoms in total. The first-order valence-corrected chi connectivity index (χ1v) is 4.92. The molecule has 2 aromatic rings. The van der Waals surface area contributed by atoms with Gasteiger partial charge in [-0.25, -0.2) is 9.37 Å². The maximum atomic E-state index is 13.2. The first kappa shape index (κ1) is 10.8. The van der Waals surface area contributed by atoms with Gasteiger partial charge in [-0.1, -0.05) is 0 Å². The quantitative estimate of drug-likeness (QED) is 0.830. The number of nitrogens with one attached hydrogen (secondary N) is 1. The number of hydrogen-bond acceptors (Lipinski definition) is 4. The minimum atomic E-state index is -0.534. The zero-order valence-corrected chi connectivity index (χ0v) is 9.24. The van der Waals surface area contributed by atoms with Gasteiger partial charge >= 0.3 is 0 Å². The molecule has 0 spiro atoms. The second kappa shape index (κ2) is 4.44. The number of rotatable bonds is 3. The molecule has 0 saturated carbocycles. The zero-order valence-electron chi connectivity index (χ0n) is 8.48. The van der Waals surface area contributed by atoms with Crippen LogP contribution in [0.3, 0.4) is 0 Å². The maximum Gasteiger partial charge on any atom is 0.224 e. The minimum Gasteiger partial charge on any atom is -0.363 e. The number of anilines is 1. The summed E-state index contributed by atoms with van der Waals surface area (Å²) >= 11 is 5.56. The Morgan fingerprint density at radius 3 is 3.00 bits per heavy atom. The molecule has 0 aliphatic rings. The van der Waals surface area contributed by atoms with Gasteiger partial charge in [0.2, 0.25) is 5.28 Å². The van der Waals surface area contributed by atoms with E-state index in [1.165, 1.54) is 0 Å². The van der Waals surface area contributed by atoms with Gasteiger partial charge in [-0.2, -0.15) is 10.1 Å². The van der Waals surface area contributed by atoms with Gasteiger partial charge in [-0.15, -0.1) is 0 Å². The van der Waals surface area contributed by atoms with Crippen molar-refractivity contribution < 1.29 is 4.39 Å². The number of nitrogens with zero attached hydrogens (tertiary/aromatic N) is 4. The Morgan fingerprint density at radius 1 is 1.50 bits per heavy atom. The summed E-state index contributed by atoms with van der Waals surface area (Å²) in [5.74, 6) is -0.447. The molecule has 2 rings (SSSR count). The third-order valence-corrected chi connectivity index (χ3v) is 2.12. The fraction of sp³-hybridized carbons (Fsp3) is 0.222. The lowest BCUT2D eigenvalue weighted by Crippen LogP contribution is -2.04. The van der Waals surface area contributed by atoms with E-state index in [4.69, 9.17) is 11.6 Å². The summed E-state index contributed by atoms with van der Waals surface area (Å²) in [7, 11) is 1.81. The van der Waals surface area contributed by atoms with Gasteiger partial charge in [0, 0.05) is 25.4 Å². The molecule has 7 heteroatoms. The predicted molar refractivity (Wildman–Crippen MR) is 57.5 cm³/mol. The van der Waals surface area contributed by atoms with Crippen molar-refractivity contribution in [1.82, 2.24) is 19.7 Å². The molecule has 2 heterocycles. The standard InChI is InChI=1S/C9H9ClFN5/c1-16-5-6(3-14-16)2-12-8-7(11)4-13-9(10)15-8/h3-5H,2H2,1H3,(H,12,13,15). The van der Waals surface area contributed by atoms with E-state index in [1.807, 2.05) is 13.2 Å². The second-order valence-corrected chi connectivity index (χ2v) is 3.55.